The third-order valence-electron chi connectivity index (χ3n) is 4.43. The van der Waals surface area contributed by atoms with Crippen LogP contribution < -0.4 is 5.32 Å². The van der Waals surface area contributed by atoms with Crippen molar-refractivity contribution >= 4 is 23.4 Å². The first-order valence-corrected chi connectivity index (χ1v) is 8.49. The predicted octanol–water partition coefficient (Wildman–Crippen LogP) is 3.27. The molecule has 0 radical (unpaired) electrons. The van der Waals surface area contributed by atoms with Crippen molar-refractivity contribution in [3.05, 3.63) is 95.1 Å². The van der Waals surface area contributed by atoms with Gasteiger partial charge < -0.3 is 5.32 Å². The number of pyridine rings is 1. The number of carbonyl (C=O) groups excluding carboxylic acids is 3. The van der Waals surface area contributed by atoms with E-state index in [1.807, 2.05) is 0 Å². The van der Waals surface area contributed by atoms with Crippen LogP contribution >= 0.6 is 0 Å². The summed E-state index contributed by atoms with van der Waals surface area (Å²) in [5, 5.41) is 2.63. The van der Waals surface area contributed by atoms with Crippen molar-refractivity contribution in [2.75, 3.05) is 5.32 Å². The summed E-state index contributed by atoms with van der Waals surface area (Å²) in [7, 11) is 0. The van der Waals surface area contributed by atoms with E-state index < -0.39 is 23.5 Å². The van der Waals surface area contributed by atoms with Crippen molar-refractivity contribution in [1.29, 1.82) is 0 Å². The van der Waals surface area contributed by atoms with Crippen LogP contribution in [0.25, 0.3) is 0 Å². The Balaban J connectivity index is 1.56. The topological polar surface area (TPSA) is 79.4 Å². The second-order valence-electron chi connectivity index (χ2n) is 6.27. The Kier molecular flexibility index (Phi) is 4.41. The van der Waals surface area contributed by atoms with Crippen molar-refractivity contribution in [3.8, 4) is 0 Å². The number of anilines is 1. The average molecular weight is 375 g/mol. The maximum Gasteiger partial charge on any atom is 0.261 e. The summed E-state index contributed by atoms with van der Waals surface area (Å²) in [5.41, 5.74) is 1.88. The van der Waals surface area contributed by atoms with Crippen LogP contribution in [-0.2, 0) is 6.54 Å². The van der Waals surface area contributed by atoms with Gasteiger partial charge in [0.05, 0.1) is 17.7 Å². The van der Waals surface area contributed by atoms with E-state index in [2.05, 4.69) is 10.3 Å². The third-order valence-corrected chi connectivity index (χ3v) is 4.43. The van der Waals surface area contributed by atoms with Gasteiger partial charge in [0.2, 0.25) is 0 Å². The molecule has 6 nitrogen and oxygen atoms in total. The van der Waals surface area contributed by atoms with Gasteiger partial charge in [-0.05, 0) is 60.2 Å². The minimum atomic E-state index is -0.456. The first-order valence-electron chi connectivity index (χ1n) is 8.49. The van der Waals surface area contributed by atoms with E-state index >= 15 is 0 Å². The van der Waals surface area contributed by atoms with Crippen molar-refractivity contribution in [2.24, 2.45) is 0 Å². The van der Waals surface area contributed by atoms with E-state index in [0.29, 0.717) is 5.69 Å². The van der Waals surface area contributed by atoms with Gasteiger partial charge in [-0.3, -0.25) is 24.3 Å². The zero-order chi connectivity index (χ0) is 19.7. The highest BCUT2D eigenvalue weighted by molar-refractivity contribution is 6.22. The number of amides is 3. The van der Waals surface area contributed by atoms with Crippen molar-refractivity contribution in [2.45, 2.75) is 6.54 Å². The fourth-order valence-electron chi connectivity index (χ4n) is 2.98. The van der Waals surface area contributed by atoms with Gasteiger partial charge in [0.15, 0.2) is 0 Å². The van der Waals surface area contributed by atoms with Crippen LogP contribution in [0, 0.1) is 5.82 Å². The number of nitrogens with zero attached hydrogens (tertiary/aromatic N) is 2. The molecule has 0 aliphatic carbocycles. The predicted molar refractivity (Wildman–Crippen MR) is 99.2 cm³/mol. The van der Waals surface area contributed by atoms with Gasteiger partial charge in [0.25, 0.3) is 17.7 Å². The van der Waals surface area contributed by atoms with Gasteiger partial charge in [-0.1, -0.05) is 0 Å². The average Bonchev–Trinajstić information content (AvgIpc) is 2.95. The van der Waals surface area contributed by atoms with E-state index in [1.165, 1.54) is 42.5 Å². The van der Waals surface area contributed by atoms with E-state index in [0.717, 1.165) is 10.5 Å². The Bertz CT molecular complexity index is 1080. The second kappa shape index (κ2) is 7.03. The molecular formula is C21H14FN3O3. The molecule has 138 valence electrons. The summed E-state index contributed by atoms with van der Waals surface area (Å²) < 4.78 is 13.0. The molecule has 0 fully saturated rings. The molecular weight excluding hydrogens is 361 g/mol. The Morgan fingerprint density at radius 1 is 0.929 bits per heavy atom. The van der Waals surface area contributed by atoms with Gasteiger partial charge in [0, 0.05) is 23.6 Å². The van der Waals surface area contributed by atoms with Crippen LogP contribution in [0.5, 0.6) is 0 Å². The minimum Gasteiger partial charge on any atom is -0.322 e. The van der Waals surface area contributed by atoms with Gasteiger partial charge >= 0.3 is 0 Å². The molecule has 3 aromatic rings. The van der Waals surface area contributed by atoms with Crippen LogP contribution in [0.2, 0.25) is 0 Å². The van der Waals surface area contributed by atoms with E-state index in [1.54, 1.807) is 24.5 Å². The second-order valence-corrected chi connectivity index (χ2v) is 6.27. The highest BCUT2D eigenvalue weighted by Gasteiger charge is 2.36. The molecule has 2 heterocycles. The number of hydrogen-bond acceptors (Lipinski definition) is 4. The number of fused-ring (bicyclic) bond motifs is 1. The highest BCUT2D eigenvalue weighted by Crippen LogP contribution is 2.26. The molecule has 1 aromatic heterocycles. The quantitative estimate of drug-likeness (QED) is 0.710. The van der Waals surface area contributed by atoms with E-state index in [9.17, 15) is 18.8 Å². The summed E-state index contributed by atoms with van der Waals surface area (Å²) >= 11 is 0. The molecule has 2 aromatic carbocycles. The number of aromatic nitrogens is 1. The molecule has 4 rings (SSSR count). The van der Waals surface area contributed by atoms with Crippen molar-refractivity contribution < 1.29 is 18.8 Å². The molecule has 1 aliphatic heterocycles. The smallest absolute Gasteiger partial charge is 0.261 e. The number of imide groups is 1. The number of halogens is 1. The Morgan fingerprint density at radius 3 is 2.32 bits per heavy atom. The van der Waals surface area contributed by atoms with Gasteiger partial charge in [-0.15, -0.1) is 0 Å². The van der Waals surface area contributed by atoms with Gasteiger partial charge in [-0.2, -0.15) is 0 Å². The largest absolute Gasteiger partial charge is 0.322 e. The summed E-state index contributed by atoms with van der Waals surface area (Å²) in [6, 6.07) is 13.2. The van der Waals surface area contributed by atoms with Crippen LogP contribution in [0.4, 0.5) is 10.1 Å². The molecule has 0 saturated heterocycles. The molecule has 3 amide bonds. The minimum absolute atomic E-state index is 0.131. The van der Waals surface area contributed by atoms with Gasteiger partial charge in [0.1, 0.15) is 5.82 Å². The van der Waals surface area contributed by atoms with Crippen LogP contribution in [-0.4, -0.2) is 27.6 Å². The zero-order valence-electron chi connectivity index (χ0n) is 14.6. The molecule has 0 atom stereocenters. The number of carbonyl (C=O) groups is 3. The highest BCUT2D eigenvalue weighted by atomic mass is 19.1. The maximum atomic E-state index is 13.0. The Morgan fingerprint density at radius 2 is 1.61 bits per heavy atom. The maximum absolute atomic E-state index is 13.0. The number of hydrogen-bond donors (Lipinski definition) is 1. The third kappa shape index (κ3) is 3.25. The summed E-state index contributed by atoms with van der Waals surface area (Å²) in [6.45, 7) is 0.131. The lowest BCUT2D eigenvalue weighted by Crippen LogP contribution is -2.29. The van der Waals surface area contributed by atoms with E-state index in [4.69, 9.17) is 0 Å². The van der Waals surface area contributed by atoms with Crippen LogP contribution in [0.3, 0.4) is 0 Å². The fourth-order valence-corrected chi connectivity index (χ4v) is 2.98. The normalized spacial score (nSPS) is 12.8. The Labute approximate surface area is 159 Å². The van der Waals surface area contributed by atoms with Gasteiger partial charge in [-0.25, -0.2) is 4.39 Å². The number of rotatable bonds is 4. The monoisotopic (exact) mass is 375 g/mol. The van der Waals surface area contributed by atoms with Crippen LogP contribution in [0.15, 0.2) is 67.0 Å². The summed E-state index contributed by atoms with van der Waals surface area (Å²) in [6.07, 6.45) is 3.18. The molecule has 0 saturated carbocycles. The molecule has 1 N–H and O–H groups in total. The molecule has 0 bridgehead atoms. The zero-order valence-corrected chi connectivity index (χ0v) is 14.6. The molecule has 28 heavy (non-hydrogen) atoms. The standard InChI is InChI=1S/C21H14FN3O3/c22-15-2-4-16(5-3-15)24-19(26)14-1-6-17-18(11-14)21(28)25(20(17)27)12-13-7-9-23-10-8-13/h1-11H,12H2,(H,24,26). The SMILES string of the molecule is O=C(Nc1ccc(F)cc1)c1ccc2c(c1)C(=O)N(Cc1ccncc1)C2=O. The molecule has 7 heteroatoms. The molecule has 1 aliphatic rings. The number of nitrogens with one attached hydrogen (secondary N) is 1. The lowest BCUT2D eigenvalue weighted by Gasteiger charge is -2.13. The van der Waals surface area contributed by atoms with Crippen molar-refractivity contribution in [3.63, 3.8) is 0 Å². The summed E-state index contributed by atoms with van der Waals surface area (Å²) in [5.74, 6) is -1.72. The van der Waals surface area contributed by atoms with E-state index in [-0.39, 0.29) is 23.2 Å². The molecule has 0 unspecified atom stereocenters. The Hall–Kier alpha value is -3.87. The first kappa shape index (κ1) is 17.5. The number of benzene rings is 2. The van der Waals surface area contributed by atoms with Crippen molar-refractivity contribution in [1.82, 2.24) is 9.88 Å². The molecule has 0 spiro atoms. The first-order chi connectivity index (χ1) is 13.5. The summed E-state index contributed by atoms with van der Waals surface area (Å²) in [4.78, 5) is 42.8. The lowest BCUT2D eigenvalue weighted by molar-refractivity contribution is 0.0642. The fraction of sp³-hybridized carbons (Fsp3) is 0.0476. The lowest BCUT2D eigenvalue weighted by atomic mass is 10.1. The van der Waals surface area contributed by atoms with Crippen LogP contribution in [0.1, 0.15) is 36.6 Å².